The van der Waals surface area contributed by atoms with Crippen LogP contribution < -0.4 is 10.6 Å². The molecule has 3 nitrogen and oxygen atoms in total. The summed E-state index contributed by atoms with van der Waals surface area (Å²) in [6.07, 6.45) is 6.90. The minimum absolute atomic E-state index is 0.735. The second-order valence-corrected chi connectivity index (χ2v) is 5.44. The lowest BCUT2D eigenvalue weighted by Gasteiger charge is -2.32. The molecule has 1 saturated carbocycles. The van der Waals surface area contributed by atoms with E-state index in [-0.39, 0.29) is 0 Å². The minimum Gasteiger partial charge on any atom is -0.397 e. The summed E-state index contributed by atoms with van der Waals surface area (Å²) in [5, 5.41) is 0. The van der Waals surface area contributed by atoms with Crippen molar-refractivity contribution in [2.45, 2.75) is 45.1 Å². The van der Waals surface area contributed by atoms with Crippen LogP contribution in [0.1, 0.15) is 37.8 Å². The van der Waals surface area contributed by atoms with E-state index >= 15 is 0 Å². The monoisotopic (exact) mass is 231 g/mol. The van der Waals surface area contributed by atoms with Crippen molar-refractivity contribution in [2.75, 3.05) is 17.2 Å². The van der Waals surface area contributed by atoms with Crippen molar-refractivity contribution >= 4 is 11.5 Å². The smallest absolute Gasteiger partial charge is 0.129 e. The van der Waals surface area contributed by atoms with E-state index in [2.05, 4.69) is 16.0 Å². The number of hydrogen-bond acceptors (Lipinski definition) is 3. The molecule has 0 radical (unpaired) electrons. The zero-order valence-electron chi connectivity index (χ0n) is 10.5. The van der Waals surface area contributed by atoms with Gasteiger partial charge in [0.15, 0.2) is 0 Å². The lowest BCUT2D eigenvalue weighted by molar-refractivity contribution is 0.341. The summed E-state index contributed by atoms with van der Waals surface area (Å²) >= 11 is 0. The molecule has 2 fully saturated rings. The molecule has 2 unspecified atom stereocenters. The van der Waals surface area contributed by atoms with E-state index in [0.29, 0.717) is 0 Å². The summed E-state index contributed by atoms with van der Waals surface area (Å²) in [6.45, 7) is 3.17. The largest absolute Gasteiger partial charge is 0.397 e. The van der Waals surface area contributed by atoms with Gasteiger partial charge in [0, 0.05) is 12.6 Å². The second-order valence-electron chi connectivity index (χ2n) is 5.44. The lowest BCUT2D eigenvalue weighted by Crippen LogP contribution is -2.35. The highest BCUT2D eigenvalue weighted by Gasteiger charge is 2.36. The number of anilines is 2. The van der Waals surface area contributed by atoms with E-state index in [1.807, 2.05) is 13.0 Å². The molecule has 2 heterocycles. The van der Waals surface area contributed by atoms with E-state index in [4.69, 9.17) is 5.73 Å². The number of hydrogen-bond donors (Lipinski definition) is 1. The average molecular weight is 231 g/mol. The highest BCUT2D eigenvalue weighted by atomic mass is 15.2. The van der Waals surface area contributed by atoms with Crippen molar-refractivity contribution in [2.24, 2.45) is 5.92 Å². The highest BCUT2D eigenvalue weighted by molar-refractivity contribution is 5.51. The summed E-state index contributed by atoms with van der Waals surface area (Å²) in [7, 11) is 0. The number of nitrogen functional groups attached to an aromatic ring is 1. The minimum atomic E-state index is 0.735. The van der Waals surface area contributed by atoms with Crippen molar-refractivity contribution in [3.05, 3.63) is 17.8 Å². The number of aryl methyl sites for hydroxylation is 1. The first-order valence-electron chi connectivity index (χ1n) is 6.75. The molecule has 0 amide bonds. The average Bonchev–Trinajstić information content (AvgIpc) is 2.76. The quantitative estimate of drug-likeness (QED) is 0.808. The normalized spacial score (nSPS) is 28.2. The molecule has 2 atom stereocenters. The van der Waals surface area contributed by atoms with Crippen molar-refractivity contribution in [3.8, 4) is 0 Å². The number of fused-ring (bicyclic) bond motifs is 1. The van der Waals surface area contributed by atoms with Crippen LogP contribution >= 0.6 is 0 Å². The van der Waals surface area contributed by atoms with Crippen LogP contribution in [0.2, 0.25) is 0 Å². The summed E-state index contributed by atoms with van der Waals surface area (Å²) in [6, 6.07) is 4.81. The number of nitrogens with zero attached hydrogens (tertiary/aromatic N) is 2. The van der Waals surface area contributed by atoms with Crippen molar-refractivity contribution in [1.29, 1.82) is 0 Å². The van der Waals surface area contributed by atoms with Crippen LogP contribution in [0.5, 0.6) is 0 Å². The molecule has 3 rings (SSSR count). The Morgan fingerprint density at radius 2 is 2.06 bits per heavy atom. The zero-order chi connectivity index (χ0) is 11.8. The van der Waals surface area contributed by atoms with Crippen molar-refractivity contribution in [1.82, 2.24) is 4.98 Å². The first kappa shape index (κ1) is 10.9. The van der Waals surface area contributed by atoms with Crippen molar-refractivity contribution in [3.63, 3.8) is 0 Å². The maximum Gasteiger partial charge on any atom is 0.129 e. The van der Waals surface area contributed by atoms with Crippen LogP contribution in [-0.4, -0.2) is 17.6 Å². The molecule has 0 bridgehead atoms. The van der Waals surface area contributed by atoms with Gasteiger partial charge in [-0.05, 0) is 44.2 Å². The summed E-state index contributed by atoms with van der Waals surface area (Å²) in [5.74, 6) is 2.04. The van der Waals surface area contributed by atoms with Crippen LogP contribution in [0, 0.1) is 12.8 Å². The van der Waals surface area contributed by atoms with Gasteiger partial charge in [0.05, 0.1) is 11.4 Å². The summed E-state index contributed by atoms with van der Waals surface area (Å²) in [5.41, 5.74) is 7.60. The lowest BCUT2D eigenvalue weighted by atomic mass is 9.85. The SMILES string of the molecule is Cc1nc(N2CCC3CCCCC32)ccc1N. The van der Waals surface area contributed by atoms with E-state index in [0.717, 1.165) is 29.2 Å². The molecule has 1 aliphatic carbocycles. The van der Waals surface area contributed by atoms with Gasteiger partial charge >= 0.3 is 0 Å². The van der Waals surface area contributed by atoms with Gasteiger partial charge in [0.25, 0.3) is 0 Å². The fourth-order valence-electron chi connectivity index (χ4n) is 3.41. The Morgan fingerprint density at radius 3 is 2.88 bits per heavy atom. The Hall–Kier alpha value is -1.25. The molecule has 2 aliphatic rings. The van der Waals surface area contributed by atoms with E-state index < -0.39 is 0 Å². The first-order chi connectivity index (χ1) is 8.25. The Balaban J connectivity index is 1.86. The molecule has 1 aliphatic heterocycles. The van der Waals surface area contributed by atoms with Crippen LogP contribution in [-0.2, 0) is 0 Å². The molecule has 1 saturated heterocycles. The third-order valence-corrected chi connectivity index (χ3v) is 4.42. The fourth-order valence-corrected chi connectivity index (χ4v) is 3.41. The Kier molecular flexibility index (Phi) is 2.69. The topological polar surface area (TPSA) is 42.2 Å². The predicted molar refractivity (Wildman–Crippen MR) is 71.1 cm³/mol. The highest BCUT2D eigenvalue weighted by Crippen LogP contribution is 2.38. The zero-order valence-corrected chi connectivity index (χ0v) is 10.5. The second kappa shape index (κ2) is 4.21. The molecule has 1 aromatic rings. The summed E-state index contributed by atoms with van der Waals surface area (Å²) in [4.78, 5) is 7.16. The maximum absolute atomic E-state index is 5.84. The Bertz CT molecular complexity index is 416. The molecule has 92 valence electrons. The van der Waals surface area contributed by atoms with Crippen LogP contribution in [0.15, 0.2) is 12.1 Å². The molecule has 0 aromatic carbocycles. The van der Waals surface area contributed by atoms with Gasteiger partial charge in [-0.2, -0.15) is 0 Å². The Morgan fingerprint density at radius 1 is 1.24 bits per heavy atom. The molecule has 3 heteroatoms. The van der Waals surface area contributed by atoms with Gasteiger partial charge in [0.2, 0.25) is 0 Å². The number of pyridine rings is 1. The van der Waals surface area contributed by atoms with Gasteiger partial charge in [-0.25, -0.2) is 4.98 Å². The third-order valence-electron chi connectivity index (χ3n) is 4.42. The molecular formula is C14H21N3. The van der Waals surface area contributed by atoms with Crippen LogP contribution in [0.4, 0.5) is 11.5 Å². The predicted octanol–water partition coefficient (Wildman–Crippen LogP) is 2.74. The van der Waals surface area contributed by atoms with Gasteiger partial charge in [-0.1, -0.05) is 12.8 Å². The van der Waals surface area contributed by atoms with Gasteiger partial charge in [0.1, 0.15) is 5.82 Å². The number of rotatable bonds is 1. The fraction of sp³-hybridized carbons (Fsp3) is 0.643. The van der Waals surface area contributed by atoms with Gasteiger partial charge in [-0.15, -0.1) is 0 Å². The number of nitrogens with two attached hydrogens (primary N) is 1. The van der Waals surface area contributed by atoms with Crippen LogP contribution in [0.25, 0.3) is 0 Å². The van der Waals surface area contributed by atoms with Crippen LogP contribution in [0.3, 0.4) is 0 Å². The standard InChI is InChI=1S/C14H21N3/c1-10-12(15)6-7-14(16-10)17-9-8-11-4-2-3-5-13(11)17/h6-7,11,13H,2-5,8-9,15H2,1H3. The van der Waals surface area contributed by atoms with E-state index in [1.165, 1.54) is 38.6 Å². The summed E-state index contributed by atoms with van der Waals surface area (Å²) < 4.78 is 0. The third kappa shape index (κ3) is 1.88. The molecule has 2 N–H and O–H groups in total. The maximum atomic E-state index is 5.84. The van der Waals surface area contributed by atoms with E-state index in [1.54, 1.807) is 0 Å². The van der Waals surface area contributed by atoms with E-state index in [9.17, 15) is 0 Å². The number of aromatic nitrogens is 1. The van der Waals surface area contributed by atoms with Gasteiger partial charge < -0.3 is 10.6 Å². The first-order valence-corrected chi connectivity index (χ1v) is 6.75. The Labute approximate surface area is 103 Å². The van der Waals surface area contributed by atoms with Crippen molar-refractivity contribution < 1.29 is 0 Å². The molecular weight excluding hydrogens is 210 g/mol. The van der Waals surface area contributed by atoms with Gasteiger partial charge in [-0.3, -0.25) is 0 Å². The molecule has 17 heavy (non-hydrogen) atoms. The molecule has 0 spiro atoms. The molecule has 1 aromatic heterocycles.